The maximum Gasteiger partial charge on any atom is 0.315 e. The summed E-state index contributed by atoms with van der Waals surface area (Å²) in [5.41, 5.74) is 11.3. The van der Waals surface area contributed by atoms with Crippen LogP contribution in [0.15, 0.2) is 65.8 Å². The van der Waals surface area contributed by atoms with E-state index in [0.29, 0.717) is 12.8 Å². The normalized spacial score (nSPS) is 16.0. The standard InChI is InChI=1S/C22H27N5O/c23-27-26-21(16-18-11-5-2-6-12-18)20(15-17-9-3-1-4-10-17)25-22(28)24-19-13-7-8-14-19/h1-6,9-12,19-21H,7-8,13-16H2,(H2,24,25,28)/t20-,21-/m0/s1. The van der Waals surface area contributed by atoms with Crippen molar-refractivity contribution in [1.29, 1.82) is 0 Å². The topological polar surface area (TPSA) is 89.9 Å². The number of amides is 2. The average Bonchev–Trinajstić information content (AvgIpc) is 3.22. The smallest absolute Gasteiger partial charge is 0.315 e. The van der Waals surface area contributed by atoms with Gasteiger partial charge in [-0.25, -0.2) is 4.79 Å². The van der Waals surface area contributed by atoms with Gasteiger partial charge in [0.2, 0.25) is 0 Å². The first-order chi connectivity index (χ1) is 13.7. The predicted molar refractivity (Wildman–Crippen MR) is 111 cm³/mol. The van der Waals surface area contributed by atoms with Crippen molar-refractivity contribution in [2.24, 2.45) is 5.11 Å². The Morgan fingerprint density at radius 2 is 1.57 bits per heavy atom. The van der Waals surface area contributed by atoms with Crippen LogP contribution in [-0.4, -0.2) is 24.2 Å². The van der Waals surface area contributed by atoms with E-state index in [2.05, 4.69) is 20.7 Å². The van der Waals surface area contributed by atoms with Gasteiger partial charge in [-0.1, -0.05) is 78.6 Å². The maximum absolute atomic E-state index is 12.6. The molecule has 2 atom stereocenters. The maximum atomic E-state index is 12.6. The number of rotatable bonds is 8. The van der Waals surface area contributed by atoms with E-state index in [-0.39, 0.29) is 24.2 Å². The molecule has 0 bridgehead atoms. The second-order valence-electron chi connectivity index (χ2n) is 7.36. The summed E-state index contributed by atoms with van der Waals surface area (Å²) in [5, 5.41) is 10.2. The zero-order valence-electron chi connectivity index (χ0n) is 16.0. The Labute approximate surface area is 166 Å². The summed E-state index contributed by atoms with van der Waals surface area (Å²) in [6.07, 6.45) is 5.56. The lowest BCUT2D eigenvalue weighted by atomic mass is 9.94. The average molecular weight is 377 g/mol. The molecule has 6 nitrogen and oxygen atoms in total. The van der Waals surface area contributed by atoms with Crippen molar-refractivity contribution in [2.75, 3.05) is 0 Å². The van der Waals surface area contributed by atoms with Gasteiger partial charge in [0, 0.05) is 17.0 Å². The van der Waals surface area contributed by atoms with Crippen LogP contribution >= 0.6 is 0 Å². The van der Waals surface area contributed by atoms with Gasteiger partial charge < -0.3 is 10.6 Å². The molecule has 0 unspecified atom stereocenters. The van der Waals surface area contributed by atoms with Crippen LogP contribution in [-0.2, 0) is 12.8 Å². The van der Waals surface area contributed by atoms with E-state index < -0.39 is 0 Å². The van der Waals surface area contributed by atoms with Crippen molar-refractivity contribution < 1.29 is 4.79 Å². The summed E-state index contributed by atoms with van der Waals surface area (Å²) in [4.78, 5) is 15.7. The SMILES string of the molecule is [N-]=[N+]=N[C@@H](Cc1ccccc1)[C@H](Cc1ccccc1)NC(=O)NC1CCCC1. The Kier molecular flexibility index (Phi) is 7.33. The third kappa shape index (κ3) is 6.03. The van der Waals surface area contributed by atoms with E-state index in [9.17, 15) is 4.79 Å². The molecule has 6 heteroatoms. The number of azide groups is 1. The van der Waals surface area contributed by atoms with Crippen LogP contribution in [0.3, 0.4) is 0 Å². The first kappa shape index (κ1) is 19.8. The van der Waals surface area contributed by atoms with Gasteiger partial charge in [-0.2, -0.15) is 0 Å². The molecule has 1 aliphatic carbocycles. The largest absolute Gasteiger partial charge is 0.335 e. The van der Waals surface area contributed by atoms with Crippen molar-refractivity contribution in [3.63, 3.8) is 0 Å². The molecule has 2 amide bonds. The quantitative estimate of drug-likeness (QED) is 0.387. The van der Waals surface area contributed by atoms with Gasteiger partial charge in [0.1, 0.15) is 0 Å². The van der Waals surface area contributed by atoms with E-state index in [4.69, 9.17) is 5.53 Å². The molecular formula is C22H27N5O. The molecule has 0 heterocycles. The fourth-order valence-corrected chi connectivity index (χ4v) is 3.80. The molecule has 0 aliphatic heterocycles. The van der Waals surface area contributed by atoms with Crippen LogP contribution in [0.2, 0.25) is 0 Å². The highest BCUT2D eigenvalue weighted by Gasteiger charge is 2.25. The van der Waals surface area contributed by atoms with E-state index >= 15 is 0 Å². The molecule has 2 aromatic rings. The zero-order valence-corrected chi connectivity index (χ0v) is 16.0. The van der Waals surface area contributed by atoms with Gasteiger partial charge in [-0.05, 0) is 42.3 Å². The number of urea groups is 1. The van der Waals surface area contributed by atoms with Crippen LogP contribution in [0.1, 0.15) is 36.8 Å². The molecule has 2 N–H and O–H groups in total. The number of carbonyl (C=O) groups is 1. The molecular weight excluding hydrogens is 350 g/mol. The number of benzene rings is 2. The number of nitrogens with one attached hydrogen (secondary N) is 2. The van der Waals surface area contributed by atoms with Crippen molar-refractivity contribution in [2.45, 2.75) is 56.7 Å². The summed E-state index contributed by atoms with van der Waals surface area (Å²) >= 11 is 0. The molecule has 3 rings (SSSR count). The molecule has 1 aliphatic rings. The minimum Gasteiger partial charge on any atom is -0.335 e. The highest BCUT2D eigenvalue weighted by molar-refractivity contribution is 5.74. The first-order valence-corrected chi connectivity index (χ1v) is 9.93. The fraction of sp³-hybridized carbons (Fsp3) is 0.409. The number of carbonyl (C=O) groups excluding carboxylic acids is 1. The van der Waals surface area contributed by atoms with Gasteiger partial charge in [0.25, 0.3) is 0 Å². The second kappa shape index (κ2) is 10.4. The lowest BCUT2D eigenvalue weighted by Crippen LogP contribution is -2.50. The van der Waals surface area contributed by atoms with Gasteiger partial charge in [-0.3, -0.25) is 0 Å². The lowest BCUT2D eigenvalue weighted by Gasteiger charge is -2.26. The number of hydrogen-bond acceptors (Lipinski definition) is 2. The monoisotopic (exact) mass is 377 g/mol. The lowest BCUT2D eigenvalue weighted by molar-refractivity contribution is 0.230. The minimum atomic E-state index is -0.373. The van der Waals surface area contributed by atoms with Gasteiger partial charge in [0.05, 0.1) is 6.04 Å². The number of nitrogens with zero attached hydrogens (tertiary/aromatic N) is 3. The molecule has 0 aromatic heterocycles. The van der Waals surface area contributed by atoms with Crippen molar-refractivity contribution in [1.82, 2.24) is 10.6 Å². The predicted octanol–water partition coefficient (Wildman–Crippen LogP) is 4.76. The number of hydrogen-bond donors (Lipinski definition) is 2. The van der Waals surface area contributed by atoms with E-state index in [1.807, 2.05) is 60.7 Å². The second-order valence-corrected chi connectivity index (χ2v) is 7.36. The van der Waals surface area contributed by atoms with Crippen LogP contribution in [0.4, 0.5) is 4.79 Å². The van der Waals surface area contributed by atoms with Crippen LogP contribution in [0.5, 0.6) is 0 Å². The van der Waals surface area contributed by atoms with Gasteiger partial charge in [0.15, 0.2) is 0 Å². The molecule has 0 radical (unpaired) electrons. The van der Waals surface area contributed by atoms with E-state index in [1.54, 1.807) is 0 Å². The molecule has 2 aromatic carbocycles. The van der Waals surface area contributed by atoms with Crippen LogP contribution in [0, 0.1) is 0 Å². The fourth-order valence-electron chi connectivity index (χ4n) is 3.80. The minimum absolute atomic E-state index is 0.181. The van der Waals surface area contributed by atoms with Crippen molar-refractivity contribution >= 4 is 6.03 Å². The first-order valence-electron chi connectivity index (χ1n) is 9.93. The summed E-state index contributed by atoms with van der Waals surface area (Å²) in [5.74, 6) is 0. The Hall–Kier alpha value is -2.98. The molecule has 0 spiro atoms. The van der Waals surface area contributed by atoms with Gasteiger partial charge >= 0.3 is 6.03 Å². The third-order valence-electron chi connectivity index (χ3n) is 5.26. The van der Waals surface area contributed by atoms with Crippen molar-refractivity contribution in [3.8, 4) is 0 Å². The Morgan fingerprint density at radius 3 is 2.14 bits per heavy atom. The van der Waals surface area contributed by atoms with Gasteiger partial charge in [-0.15, -0.1) is 0 Å². The van der Waals surface area contributed by atoms with Crippen LogP contribution in [0.25, 0.3) is 10.4 Å². The summed E-state index contributed by atoms with van der Waals surface area (Å²) < 4.78 is 0. The molecule has 1 fully saturated rings. The third-order valence-corrected chi connectivity index (χ3v) is 5.26. The molecule has 28 heavy (non-hydrogen) atoms. The van der Waals surface area contributed by atoms with Crippen LogP contribution < -0.4 is 10.6 Å². The van der Waals surface area contributed by atoms with E-state index in [1.165, 1.54) is 0 Å². The molecule has 1 saturated carbocycles. The summed E-state index contributed by atoms with van der Waals surface area (Å²) in [6.45, 7) is 0. The summed E-state index contributed by atoms with van der Waals surface area (Å²) in [6, 6.07) is 19.3. The Morgan fingerprint density at radius 1 is 1.00 bits per heavy atom. The Balaban J connectivity index is 1.75. The zero-order chi connectivity index (χ0) is 19.6. The molecule has 0 saturated heterocycles. The molecule has 146 valence electrons. The highest BCUT2D eigenvalue weighted by Crippen LogP contribution is 2.18. The van der Waals surface area contributed by atoms with E-state index in [0.717, 1.165) is 36.8 Å². The Bertz CT molecular complexity index is 783. The van der Waals surface area contributed by atoms with Crippen molar-refractivity contribution in [3.05, 3.63) is 82.2 Å². The highest BCUT2D eigenvalue weighted by atomic mass is 16.2. The summed E-state index contributed by atoms with van der Waals surface area (Å²) in [7, 11) is 0.